The second kappa shape index (κ2) is 10.7. The Bertz CT molecular complexity index is 763. The minimum atomic E-state index is -4.39. The molecule has 1 heterocycles. The summed E-state index contributed by atoms with van der Waals surface area (Å²) in [4.78, 5) is 19.1. The zero-order chi connectivity index (χ0) is 22.3. The van der Waals surface area contributed by atoms with Gasteiger partial charge in [0.2, 0.25) is 5.91 Å². The normalized spacial score (nSPS) is 20.2. The number of alkyl halides is 3. The minimum absolute atomic E-state index is 0.0971. The van der Waals surface area contributed by atoms with Gasteiger partial charge in [0.1, 0.15) is 5.75 Å². The Labute approximate surface area is 181 Å². The van der Waals surface area contributed by atoms with Crippen molar-refractivity contribution in [3.8, 4) is 5.75 Å². The molecule has 1 aliphatic carbocycles. The molecule has 0 radical (unpaired) electrons. The molecule has 1 aliphatic heterocycles. The molecule has 9 heteroatoms. The second-order valence-corrected chi connectivity index (χ2v) is 8.10. The van der Waals surface area contributed by atoms with E-state index in [4.69, 9.17) is 4.74 Å². The molecule has 2 aliphatic rings. The third-order valence-corrected chi connectivity index (χ3v) is 5.66. The van der Waals surface area contributed by atoms with Crippen molar-refractivity contribution in [1.29, 1.82) is 0 Å². The van der Waals surface area contributed by atoms with Crippen molar-refractivity contribution in [3.05, 3.63) is 29.8 Å². The van der Waals surface area contributed by atoms with Crippen molar-refractivity contribution in [1.82, 2.24) is 15.5 Å². The average Bonchev–Trinajstić information content (AvgIpc) is 3.42. The number of hydrogen-bond acceptors (Lipinski definition) is 3. The maximum atomic E-state index is 12.6. The van der Waals surface area contributed by atoms with Crippen LogP contribution in [0.3, 0.4) is 0 Å². The molecule has 31 heavy (non-hydrogen) atoms. The van der Waals surface area contributed by atoms with Crippen LogP contribution < -0.4 is 15.4 Å². The van der Waals surface area contributed by atoms with Crippen LogP contribution in [0.1, 0.15) is 44.6 Å². The molecule has 1 unspecified atom stereocenters. The number of halogens is 3. The molecule has 1 aromatic rings. The Morgan fingerprint density at radius 2 is 1.97 bits per heavy atom. The van der Waals surface area contributed by atoms with Gasteiger partial charge in [0, 0.05) is 37.2 Å². The number of hydrogen-bond donors (Lipinski definition) is 2. The molecular weight excluding hydrogens is 409 g/mol. The van der Waals surface area contributed by atoms with Crippen LogP contribution >= 0.6 is 0 Å². The summed E-state index contributed by atoms with van der Waals surface area (Å²) in [5.74, 6) is 1.19. The van der Waals surface area contributed by atoms with Gasteiger partial charge >= 0.3 is 6.18 Å². The molecule has 2 N–H and O–H groups in total. The number of nitrogens with zero attached hydrogens (tertiary/aromatic N) is 2. The van der Waals surface area contributed by atoms with E-state index in [-0.39, 0.29) is 30.2 Å². The molecule has 1 atom stereocenters. The number of nitrogens with one attached hydrogen (secondary N) is 2. The molecule has 0 aromatic heterocycles. The van der Waals surface area contributed by atoms with Crippen LogP contribution in [0.5, 0.6) is 5.75 Å². The predicted molar refractivity (Wildman–Crippen MR) is 113 cm³/mol. The zero-order valence-electron chi connectivity index (χ0n) is 17.9. The van der Waals surface area contributed by atoms with Crippen LogP contribution in [0.2, 0.25) is 0 Å². The van der Waals surface area contributed by atoms with Crippen molar-refractivity contribution in [2.45, 2.75) is 57.8 Å². The molecule has 1 amide bonds. The van der Waals surface area contributed by atoms with E-state index in [1.165, 1.54) is 6.07 Å². The van der Waals surface area contributed by atoms with Gasteiger partial charge in [-0.15, -0.1) is 0 Å². The van der Waals surface area contributed by atoms with Gasteiger partial charge in [-0.2, -0.15) is 13.2 Å². The lowest BCUT2D eigenvalue weighted by Gasteiger charge is -2.21. The smallest absolute Gasteiger partial charge is 0.422 e. The topological polar surface area (TPSA) is 66.0 Å². The summed E-state index contributed by atoms with van der Waals surface area (Å²) >= 11 is 0. The van der Waals surface area contributed by atoms with Gasteiger partial charge < -0.3 is 20.3 Å². The Balaban J connectivity index is 1.58. The first kappa shape index (κ1) is 23.2. The molecule has 3 rings (SSSR count). The van der Waals surface area contributed by atoms with Gasteiger partial charge in [-0.25, -0.2) is 4.99 Å². The molecule has 0 bridgehead atoms. The van der Waals surface area contributed by atoms with E-state index >= 15 is 0 Å². The van der Waals surface area contributed by atoms with Crippen molar-refractivity contribution < 1.29 is 22.7 Å². The van der Waals surface area contributed by atoms with E-state index in [9.17, 15) is 18.0 Å². The third kappa shape index (κ3) is 7.04. The van der Waals surface area contributed by atoms with E-state index in [0.717, 1.165) is 38.6 Å². The fourth-order valence-corrected chi connectivity index (χ4v) is 4.12. The number of para-hydroxylation sites is 1. The predicted octanol–water partition coefficient (Wildman–Crippen LogP) is 3.47. The Morgan fingerprint density at radius 1 is 1.23 bits per heavy atom. The number of amides is 1. The van der Waals surface area contributed by atoms with Crippen molar-refractivity contribution in [2.24, 2.45) is 10.9 Å². The number of benzene rings is 1. The Hall–Kier alpha value is -2.45. The number of rotatable bonds is 7. The van der Waals surface area contributed by atoms with E-state index < -0.39 is 12.8 Å². The fourth-order valence-electron chi connectivity index (χ4n) is 4.12. The maximum Gasteiger partial charge on any atom is 0.422 e. The summed E-state index contributed by atoms with van der Waals surface area (Å²) in [7, 11) is 0. The zero-order valence-corrected chi connectivity index (χ0v) is 17.9. The standard InChI is InChI=1S/C22H31F3N4O2/c1-2-26-21(27-13-17-9-5-6-10-19(17)31-15-22(23,24)25)28-18-11-12-29(14-18)20(30)16-7-3-4-8-16/h5-6,9-10,16,18H,2-4,7-8,11-15H2,1H3,(H2,26,27,28). The summed E-state index contributed by atoms with van der Waals surface area (Å²) in [5, 5.41) is 6.53. The van der Waals surface area contributed by atoms with Gasteiger partial charge in [-0.1, -0.05) is 31.0 Å². The van der Waals surface area contributed by atoms with Crippen molar-refractivity contribution in [3.63, 3.8) is 0 Å². The Kier molecular flexibility index (Phi) is 8.03. The highest BCUT2D eigenvalue weighted by molar-refractivity contribution is 5.81. The number of carbonyl (C=O) groups is 1. The van der Waals surface area contributed by atoms with Gasteiger partial charge in [0.15, 0.2) is 12.6 Å². The lowest BCUT2D eigenvalue weighted by Crippen LogP contribution is -2.45. The van der Waals surface area contributed by atoms with Gasteiger partial charge in [0.05, 0.1) is 6.54 Å². The van der Waals surface area contributed by atoms with Crippen molar-refractivity contribution >= 4 is 11.9 Å². The summed E-state index contributed by atoms with van der Waals surface area (Å²) < 4.78 is 42.4. The van der Waals surface area contributed by atoms with E-state index in [2.05, 4.69) is 15.6 Å². The van der Waals surface area contributed by atoms with Gasteiger partial charge in [0.25, 0.3) is 0 Å². The fraction of sp³-hybridized carbons (Fsp3) is 0.636. The molecule has 1 aromatic carbocycles. The van der Waals surface area contributed by atoms with Crippen LogP contribution in [0.25, 0.3) is 0 Å². The highest BCUT2D eigenvalue weighted by Gasteiger charge is 2.32. The Morgan fingerprint density at radius 3 is 2.68 bits per heavy atom. The van der Waals surface area contributed by atoms with Crippen LogP contribution in [-0.2, 0) is 11.3 Å². The first-order valence-corrected chi connectivity index (χ1v) is 11.0. The highest BCUT2D eigenvalue weighted by atomic mass is 19.4. The number of guanidine groups is 1. The second-order valence-electron chi connectivity index (χ2n) is 8.10. The summed E-state index contributed by atoms with van der Waals surface area (Å²) in [6.07, 6.45) is 0.709. The van der Waals surface area contributed by atoms with E-state index in [1.54, 1.807) is 18.2 Å². The quantitative estimate of drug-likeness (QED) is 0.503. The summed E-state index contributed by atoms with van der Waals surface area (Å²) in [6.45, 7) is 2.82. The minimum Gasteiger partial charge on any atom is -0.484 e. The summed E-state index contributed by atoms with van der Waals surface area (Å²) in [6, 6.07) is 6.70. The molecule has 6 nitrogen and oxygen atoms in total. The summed E-state index contributed by atoms with van der Waals surface area (Å²) in [5.41, 5.74) is 0.577. The number of aliphatic imine (C=N–C) groups is 1. The SMILES string of the molecule is CCNC(=NCc1ccccc1OCC(F)(F)F)NC1CCN(C(=O)C2CCCC2)C1. The lowest BCUT2D eigenvalue weighted by atomic mass is 10.1. The molecule has 1 saturated heterocycles. The number of carbonyl (C=O) groups excluding carboxylic acids is 1. The third-order valence-electron chi connectivity index (χ3n) is 5.66. The first-order chi connectivity index (χ1) is 14.9. The highest BCUT2D eigenvalue weighted by Crippen LogP contribution is 2.28. The van der Waals surface area contributed by atoms with E-state index in [1.807, 2.05) is 11.8 Å². The van der Waals surface area contributed by atoms with Crippen LogP contribution in [0.4, 0.5) is 13.2 Å². The van der Waals surface area contributed by atoms with Gasteiger partial charge in [-0.05, 0) is 32.3 Å². The lowest BCUT2D eigenvalue weighted by molar-refractivity contribution is -0.153. The average molecular weight is 441 g/mol. The molecule has 0 spiro atoms. The molecule has 2 fully saturated rings. The first-order valence-electron chi connectivity index (χ1n) is 11.0. The largest absolute Gasteiger partial charge is 0.484 e. The van der Waals surface area contributed by atoms with E-state index in [0.29, 0.717) is 24.6 Å². The maximum absolute atomic E-state index is 12.6. The molecule has 1 saturated carbocycles. The number of likely N-dealkylation sites (tertiary alicyclic amines) is 1. The molecule has 172 valence electrons. The molecular formula is C22H31F3N4O2. The van der Waals surface area contributed by atoms with Crippen LogP contribution in [0, 0.1) is 5.92 Å². The monoisotopic (exact) mass is 440 g/mol. The van der Waals surface area contributed by atoms with Crippen molar-refractivity contribution in [2.75, 3.05) is 26.2 Å². The number of ether oxygens (including phenoxy) is 1. The van der Waals surface area contributed by atoms with Crippen LogP contribution in [-0.4, -0.2) is 55.2 Å². The van der Waals surface area contributed by atoms with Crippen LogP contribution in [0.15, 0.2) is 29.3 Å². The van der Waals surface area contributed by atoms with Gasteiger partial charge in [-0.3, -0.25) is 4.79 Å².